The Morgan fingerprint density at radius 2 is 2.00 bits per heavy atom. The molecule has 0 aliphatic carbocycles. The summed E-state index contributed by atoms with van der Waals surface area (Å²) in [5, 5.41) is 0. The molecule has 0 spiro atoms. The molecular weight excluding hydrogens is 302 g/mol. The molecule has 0 saturated carbocycles. The topological polar surface area (TPSA) is 9.23 Å². The van der Waals surface area contributed by atoms with E-state index in [4.69, 9.17) is 4.74 Å². The standard InChI is InChI=1S/C12H13F2O.BrH.Mg/c1-2-3-4-5-9-15-11-8-6-7-10(13)12(11)14;;/h2,7-8H,1,3-5,9H2;1H;/q-1;;+2/p-1. The van der Waals surface area contributed by atoms with Gasteiger partial charge in [-0.25, -0.2) is 4.39 Å². The van der Waals surface area contributed by atoms with Crippen LogP contribution >= 0.6 is 0 Å². The molecule has 0 N–H and O–H groups in total. The molecular formula is C12H13BrF2MgO. The summed E-state index contributed by atoms with van der Waals surface area (Å²) in [6.07, 6.45) is 4.45. The van der Waals surface area contributed by atoms with E-state index in [-0.39, 0.29) is 45.8 Å². The Hall–Kier alpha value is -0.134. The smallest absolute Gasteiger partial charge is 1.00 e. The van der Waals surface area contributed by atoms with Gasteiger partial charge in [-0.3, -0.25) is 4.39 Å². The van der Waals surface area contributed by atoms with Crippen molar-refractivity contribution in [1.29, 1.82) is 0 Å². The van der Waals surface area contributed by atoms with Gasteiger partial charge in [0.15, 0.2) is 0 Å². The van der Waals surface area contributed by atoms with Gasteiger partial charge in [0, 0.05) is 11.6 Å². The van der Waals surface area contributed by atoms with Gasteiger partial charge in [-0.2, -0.15) is 6.07 Å². The van der Waals surface area contributed by atoms with E-state index in [1.54, 1.807) is 0 Å². The maximum absolute atomic E-state index is 13.0. The Morgan fingerprint density at radius 1 is 1.29 bits per heavy atom. The van der Waals surface area contributed by atoms with Crippen LogP contribution in [0.15, 0.2) is 24.8 Å². The number of hydrogen-bond acceptors (Lipinski definition) is 1. The minimum absolute atomic E-state index is 0. The van der Waals surface area contributed by atoms with Crippen molar-refractivity contribution in [2.75, 3.05) is 6.61 Å². The fraction of sp³-hybridized carbons (Fsp3) is 0.333. The zero-order valence-electron chi connectivity index (χ0n) is 9.52. The second kappa shape index (κ2) is 11.0. The third kappa shape index (κ3) is 7.01. The predicted octanol–water partition coefficient (Wildman–Crippen LogP) is 0.123. The Labute approximate surface area is 127 Å². The molecule has 1 nitrogen and oxygen atoms in total. The van der Waals surface area contributed by atoms with Gasteiger partial charge in [0.25, 0.3) is 0 Å². The van der Waals surface area contributed by atoms with Crippen molar-refractivity contribution >= 4 is 23.1 Å². The summed E-state index contributed by atoms with van der Waals surface area (Å²) in [5.74, 6) is -1.95. The first-order valence-corrected chi connectivity index (χ1v) is 4.84. The minimum atomic E-state index is -0.947. The van der Waals surface area contributed by atoms with Crippen LogP contribution in [0, 0.1) is 17.7 Å². The first-order chi connectivity index (χ1) is 7.25. The maximum Gasteiger partial charge on any atom is 2.00 e. The van der Waals surface area contributed by atoms with Crippen LogP contribution in [0.2, 0.25) is 0 Å². The van der Waals surface area contributed by atoms with E-state index in [1.165, 1.54) is 6.07 Å². The maximum atomic E-state index is 13.0. The van der Waals surface area contributed by atoms with E-state index in [0.717, 1.165) is 25.3 Å². The summed E-state index contributed by atoms with van der Waals surface area (Å²) in [4.78, 5) is 0. The number of rotatable bonds is 6. The molecule has 90 valence electrons. The Morgan fingerprint density at radius 3 is 2.65 bits per heavy atom. The molecule has 1 aromatic carbocycles. The zero-order valence-corrected chi connectivity index (χ0v) is 12.5. The minimum Gasteiger partial charge on any atom is -1.00 e. The Balaban J connectivity index is 0. The third-order valence-electron chi connectivity index (χ3n) is 1.91. The molecule has 0 bridgehead atoms. The second-order valence-electron chi connectivity index (χ2n) is 3.11. The second-order valence-corrected chi connectivity index (χ2v) is 3.11. The van der Waals surface area contributed by atoms with E-state index in [9.17, 15) is 8.78 Å². The SMILES string of the molecule is C=CCCCCOc1c[c-]cc(F)c1F.[Br-].[Mg+2]. The van der Waals surface area contributed by atoms with Crippen molar-refractivity contribution in [2.24, 2.45) is 0 Å². The number of allylic oxidation sites excluding steroid dienone is 1. The molecule has 0 saturated heterocycles. The zero-order chi connectivity index (χ0) is 11.1. The monoisotopic (exact) mass is 314 g/mol. The van der Waals surface area contributed by atoms with Crippen molar-refractivity contribution in [3.63, 3.8) is 0 Å². The molecule has 0 aliphatic rings. The average molecular weight is 315 g/mol. The normalized spacial score (nSPS) is 8.82. The molecule has 0 atom stereocenters. The fourth-order valence-corrected chi connectivity index (χ4v) is 1.11. The first kappa shape index (κ1) is 19.2. The molecule has 0 radical (unpaired) electrons. The van der Waals surface area contributed by atoms with Gasteiger partial charge in [-0.1, -0.05) is 6.08 Å². The molecule has 5 heteroatoms. The quantitative estimate of drug-likeness (QED) is 0.314. The van der Waals surface area contributed by atoms with Crippen LogP contribution in [0.25, 0.3) is 0 Å². The largest absolute Gasteiger partial charge is 2.00 e. The van der Waals surface area contributed by atoms with Crippen LogP contribution in [0.5, 0.6) is 5.75 Å². The summed E-state index contributed by atoms with van der Waals surface area (Å²) >= 11 is 0. The number of halogens is 3. The van der Waals surface area contributed by atoms with E-state index in [0.29, 0.717) is 6.61 Å². The Bertz CT molecular complexity index is 334. The van der Waals surface area contributed by atoms with Crippen LogP contribution < -0.4 is 21.7 Å². The number of benzene rings is 1. The fourth-order valence-electron chi connectivity index (χ4n) is 1.11. The number of ether oxygens (including phenoxy) is 1. The molecule has 17 heavy (non-hydrogen) atoms. The van der Waals surface area contributed by atoms with Gasteiger partial charge < -0.3 is 21.7 Å². The molecule has 0 fully saturated rings. The van der Waals surface area contributed by atoms with Gasteiger partial charge >= 0.3 is 23.1 Å². The van der Waals surface area contributed by atoms with Gasteiger partial charge in [0.05, 0.1) is 12.4 Å². The van der Waals surface area contributed by atoms with Gasteiger partial charge in [-0.15, -0.1) is 18.7 Å². The van der Waals surface area contributed by atoms with E-state index >= 15 is 0 Å². The van der Waals surface area contributed by atoms with Crippen molar-refractivity contribution in [3.8, 4) is 5.75 Å². The molecule has 0 heterocycles. The summed E-state index contributed by atoms with van der Waals surface area (Å²) < 4.78 is 30.8. The van der Waals surface area contributed by atoms with Crippen LogP contribution in [0.3, 0.4) is 0 Å². The molecule has 1 aromatic rings. The molecule has 0 aromatic heterocycles. The van der Waals surface area contributed by atoms with Crippen LogP contribution in [0.1, 0.15) is 19.3 Å². The molecule has 0 amide bonds. The molecule has 0 unspecified atom stereocenters. The van der Waals surface area contributed by atoms with Crippen LogP contribution in [-0.2, 0) is 0 Å². The summed E-state index contributed by atoms with van der Waals surface area (Å²) in [6, 6.07) is 4.71. The van der Waals surface area contributed by atoms with Crippen molar-refractivity contribution in [2.45, 2.75) is 19.3 Å². The number of unbranched alkanes of at least 4 members (excludes halogenated alkanes) is 2. The van der Waals surface area contributed by atoms with Crippen molar-refractivity contribution in [1.82, 2.24) is 0 Å². The van der Waals surface area contributed by atoms with Crippen LogP contribution in [-0.4, -0.2) is 29.7 Å². The third-order valence-corrected chi connectivity index (χ3v) is 1.91. The van der Waals surface area contributed by atoms with Crippen LogP contribution in [0.4, 0.5) is 8.78 Å². The predicted molar refractivity (Wildman–Crippen MR) is 60.5 cm³/mol. The number of hydrogen-bond donors (Lipinski definition) is 0. The van der Waals surface area contributed by atoms with Gasteiger partial charge in [-0.05, 0) is 19.3 Å². The summed E-state index contributed by atoms with van der Waals surface area (Å²) in [5.41, 5.74) is 0. The molecule has 1 rings (SSSR count). The summed E-state index contributed by atoms with van der Waals surface area (Å²) in [7, 11) is 0. The van der Waals surface area contributed by atoms with E-state index in [1.807, 2.05) is 6.08 Å². The van der Waals surface area contributed by atoms with Crippen molar-refractivity contribution in [3.05, 3.63) is 42.5 Å². The van der Waals surface area contributed by atoms with E-state index in [2.05, 4.69) is 12.6 Å². The first-order valence-electron chi connectivity index (χ1n) is 4.84. The Kier molecular flexibility index (Phi) is 12.4. The van der Waals surface area contributed by atoms with Gasteiger partial charge in [0.2, 0.25) is 0 Å². The average Bonchev–Trinajstić information content (AvgIpc) is 2.24. The van der Waals surface area contributed by atoms with E-state index < -0.39 is 11.6 Å². The summed E-state index contributed by atoms with van der Waals surface area (Å²) in [6.45, 7) is 3.96. The van der Waals surface area contributed by atoms with Crippen molar-refractivity contribution < 1.29 is 30.5 Å². The van der Waals surface area contributed by atoms with Gasteiger partial charge in [0.1, 0.15) is 0 Å². The molecule has 0 aliphatic heterocycles.